The van der Waals surface area contributed by atoms with Crippen LogP contribution in [-0.4, -0.2) is 19.8 Å². The highest BCUT2D eigenvalue weighted by atomic mass is 35.5. The Morgan fingerprint density at radius 2 is 1.43 bits per heavy atom. The quantitative estimate of drug-likeness (QED) is 0.301. The van der Waals surface area contributed by atoms with Crippen molar-refractivity contribution >= 4 is 23.0 Å². The summed E-state index contributed by atoms with van der Waals surface area (Å²) in [7, 11) is 4.29. The number of anilines is 2. The number of rotatable bonds is 5. The molecule has 4 heteroatoms. The summed E-state index contributed by atoms with van der Waals surface area (Å²) in [5.41, 5.74) is 8.79. The van der Waals surface area contributed by atoms with E-state index in [2.05, 4.69) is 156 Å². The predicted molar refractivity (Wildman–Crippen MR) is 178 cm³/mol. The van der Waals surface area contributed by atoms with Crippen LogP contribution in [0.1, 0.15) is 57.2 Å². The summed E-state index contributed by atoms with van der Waals surface area (Å²) in [6.45, 7) is 11.2. The van der Waals surface area contributed by atoms with E-state index in [9.17, 15) is 0 Å². The van der Waals surface area contributed by atoms with Gasteiger partial charge < -0.3 is 14.5 Å². The van der Waals surface area contributed by atoms with Gasteiger partial charge in [-0.15, -0.1) is 0 Å². The van der Waals surface area contributed by atoms with Gasteiger partial charge in [0.15, 0.2) is 0 Å². The SMILES string of the molecule is Cc1ccc(OC2(C=CC3=C(Cl)C(=CC=C4N(C)c5ccccc5C4(C)C)CC3)N(C)c3ccccc3C2(C)C)cc1. The zero-order valence-corrected chi connectivity index (χ0v) is 26.6. The van der Waals surface area contributed by atoms with Crippen LogP contribution in [0.5, 0.6) is 5.75 Å². The molecule has 1 atom stereocenters. The van der Waals surface area contributed by atoms with Crippen molar-refractivity contribution in [2.24, 2.45) is 0 Å². The topological polar surface area (TPSA) is 15.7 Å². The van der Waals surface area contributed by atoms with Crippen LogP contribution in [0.15, 0.2) is 119 Å². The van der Waals surface area contributed by atoms with E-state index in [1.807, 2.05) is 0 Å². The van der Waals surface area contributed by atoms with Gasteiger partial charge in [-0.2, -0.15) is 0 Å². The summed E-state index contributed by atoms with van der Waals surface area (Å²) < 4.78 is 6.97. The molecule has 1 unspecified atom stereocenters. The molecule has 0 radical (unpaired) electrons. The monoisotopic (exact) mass is 576 g/mol. The van der Waals surface area contributed by atoms with Crippen molar-refractivity contribution in [1.29, 1.82) is 0 Å². The Morgan fingerprint density at radius 3 is 2.10 bits per heavy atom. The summed E-state index contributed by atoms with van der Waals surface area (Å²) >= 11 is 7.09. The summed E-state index contributed by atoms with van der Waals surface area (Å²) in [5, 5.41) is 0.848. The minimum absolute atomic E-state index is 0.0622. The molecule has 3 aliphatic rings. The molecule has 2 heterocycles. The molecule has 0 spiro atoms. The van der Waals surface area contributed by atoms with Crippen molar-refractivity contribution in [1.82, 2.24) is 0 Å². The summed E-state index contributed by atoms with van der Waals surface area (Å²) in [6, 6.07) is 25.6. The number of fused-ring (bicyclic) bond motifs is 2. The van der Waals surface area contributed by atoms with Crippen molar-refractivity contribution < 1.29 is 4.74 Å². The van der Waals surface area contributed by atoms with Gasteiger partial charge in [-0.05, 0) is 92.3 Å². The van der Waals surface area contributed by atoms with Gasteiger partial charge in [-0.25, -0.2) is 0 Å². The fourth-order valence-corrected chi connectivity index (χ4v) is 7.44. The maximum Gasteiger partial charge on any atom is 0.211 e. The smallest absolute Gasteiger partial charge is 0.211 e. The largest absolute Gasteiger partial charge is 0.463 e. The Labute approximate surface area is 256 Å². The highest BCUT2D eigenvalue weighted by Crippen LogP contribution is 2.53. The fraction of sp³-hybridized carbons (Fsp3) is 0.316. The molecule has 3 aromatic carbocycles. The highest BCUT2D eigenvalue weighted by molar-refractivity contribution is 6.33. The fourth-order valence-electron chi connectivity index (χ4n) is 7.12. The molecule has 42 heavy (non-hydrogen) atoms. The molecule has 216 valence electrons. The first-order chi connectivity index (χ1) is 20.0. The summed E-state index contributed by atoms with van der Waals surface area (Å²) in [6.07, 6.45) is 10.7. The Hall–Kier alpha value is -3.69. The molecule has 6 rings (SSSR count). The molecular weight excluding hydrogens is 536 g/mol. The second-order valence-corrected chi connectivity index (χ2v) is 13.3. The first kappa shape index (κ1) is 28.4. The van der Waals surface area contributed by atoms with Crippen molar-refractivity contribution in [3.63, 3.8) is 0 Å². The maximum atomic E-state index is 7.09. The number of hydrogen-bond donors (Lipinski definition) is 0. The zero-order chi connectivity index (χ0) is 29.9. The van der Waals surface area contributed by atoms with Gasteiger partial charge >= 0.3 is 0 Å². The Bertz CT molecular complexity index is 1660. The van der Waals surface area contributed by atoms with Gasteiger partial charge in [0, 0.05) is 41.6 Å². The third-order valence-corrected chi connectivity index (χ3v) is 10.2. The van der Waals surface area contributed by atoms with E-state index in [1.165, 1.54) is 39.3 Å². The average molecular weight is 577 g/mol. The van der Waals surface area contributed by atoms with Crippen LogP contribution in [0.2, 0.25) is 0 Å². The number of nitrogens with zero attached hydrogens (tertiary/aromatic N) is 2. The molecule has 0 saturated heterocycles. The van der Waals surface area contributed by atoms with Crippen LogP contribution in [0.4, 0.5) is 11.4 Å². The van der Waals surface area contributed by atoms with Gasteiger partial charge in [0.1, 0.15) is 5.75 Å². The second-order valence-electron chi connectivity index (χ2n) is 12.9. The van der Waals surface area contributed by atoms with E-state index < -0.39 is 5.72 Å². The molecule has 0 N–H and O–H groups in total. The van der Waals surface area contributed by atoms with E-state index in [4.69, 9.17) is 16.3 Å². The van der Waals surface area contributed by atoms with Crippen LogP contribution in [0, 0.1) is 6.92 Å². The molecule has 0 aromatic heterocycles. The van der Waals surface area contributed by atoms with Gasteiger partial charge in [0.2, 0.25) is 5.72 Å². The molecule has 2 aliphatic heterocycles. The number of ether oxygens (including phenoxy) is 1. The van der Waals surface area contributed by atoms with Gasteiger partial charge in [0.25, 0.3) is 0 Å². The van der Waals surface area contributed by atoms with Gasteiger partial charge in [0.05, 0.1) is 5.41 Å². The normalized spacial score (nSPS) is 24.3. The minimum atomic E-state index is -0.729. The number of benzene rings is 3. The molecule has 0 amide bonds. The molecule has 1 aliphatic carbocycles. The lowest BCUT2D eigenvalue weighted by atomic mass is 9.77. The van der Waals surface area contributed by atoms with Gasteiger partial charge in [-0.3, -0.25) is 0 Å². The number of allylic oxidation sites excluding steroid dienone is 7. The number of para-hydroxylation sites is 2. The number of hydrogen-bond acceptors (Lipinski definition) is 3. The predicted octanol–water partition coefficient (Wildman–Crippen LogP) is 9.58. The summed E-state index contributed by atoms with van der Waals surface area (Å²) in [4.78, 5) is 4.58. The zero-order valence-electron chi connectivity index (χ0n) is 25.8. The maximum absolute atomic E-state index is 7.09. The van der Waals surface area contributed by atoms with E-state index in [1.54, 1.807) is 0 Å². The molecular formula is C38H41ClN2O. The van der Waals surface area contributed by atoms with Crippen molar-refractivity contribution in [3.05, 3.63) is 136 Å². The molecule has 3 nitrogen and oxygen atoms in total. The minimum Gasteiger partial charge on any atom is -0.463 e. The van der Waals surface area contributed by atoms with E-state index in [-0.39, 0.29) is 10.8 Å². The lowest BCUT2D eigenvalue weighted by Crippen LogP contribution is -2.57. The van der Waals surface area contributed by atoms with Crippen LogP contribution < -0.4 is 14.5 Å². The molecule has 0 saturated carbocycles. The van der Waals surface area contributed by atoms with E-state index >= 15 is 0 Å². The van der Waals surface area contributed by atoms with E-state index in [0.717, 1.165) is 29.2 Å². The molecule has 0 bridgehead atoms. The number of likely N-dealkylation sites (N-methyl/N-ethyl adjacent to an activating group) is 2. The first-order valence-corrected chi connectivity index (χ1v) is 15.3. The number of aryl methyl sites for hydroxylation is 1. The summed E-state index contributed by atoms with van der Waals surface area (Å²) in [5.74, 6) is 0.848. The van der Waals surface area contributed by atoms with Crippen LogP contribution >= 0.6 is 11.6 Å². The Kier molecular flexibility index (Phi) is 6.93. The van der Waals surface area contributed by atoms with Crippen molar-refractivity contribution in [2.45, 2.75) is 64.0 Å². The molecule has 3 aromatic rings. The lowest BCUT2D eigenvalue weighted by molar-refractivity contribution is 0.0602. The van der Waals surface area contributed by atoms with Gasteiger partial charge in [-0.1, -0.05) is 91.7 Å². The third kappa shape index (κ3) is 4.32. The van der Waals surface area contributed by atoms with Crippen LogP contribution in [0.3, 0.4) is 0 Å². The standard InChI is InChI=1S/C38H41ClN2O/c1-26-16-21-29(22-17-26)42-38(37(4,5)31-13-9-11-15-33(31)41(38)7)25-24-28-19-18-27(35(28)39)20-23-34-36(2,3)30-12-8-10-14-32(30)40(34)6/h8-17,20-25H,18-19H2,1-7H3. The number of halogens is 1. The average Bonchev–Trinajstić information content (AvgIpc) is 3.48. The third-order valence-electron chi connectivity index (χ3n) is 9.75. The van der Waals surface area contributed by atoms with E-state index in [0.29, 0.717) is 0 Å². The first-order valence-electron chi connectivity index (χ1n) is 14.9. The molecule has 0 fully saturated rings. The van der Waals surface area contributed by atoms with Crippen LogP contribution in [0.25, 0.3) is 0 Å². The lowest BCUT2D eigenvalue weighted by Gasteiger charge is -2.44. The van der Waals surface area contributed by atoms with Crippen molar-refractivity contribution in [3.8, 4) is 5.75 Å². The Balaban J connectivity index is 1.36. The van der Waals surface area contributed by atoms with Crippen LogP contribution in [-0.2, 0) is 10.8 Å². The van der Waals surface area contributed by atoms with Crippen molar-refractivity contribution in [2.75, 3.05) is 23.9 Å². The highest BCUT2D eigenvalue weighted by Gasteiger charge is 2.56. The second kappa shape index (κ2) is 10.2. The Morgan fingerprint density at radius 1 is 0.786 bits per heavy atom.